The van der Waals surface area contributed by atoms with Crippen molar-refractivity contribution < 1.29 is 14.3 Å². The van der Waals surface area contributed by atoms with E-state index in [0.717, 1.165) is 5.56 Å². The van der Waals surface area contributed by atoms with E-state index in [2.05, 4.69) is 15.2 Å². The molecule has 2 aromatic rings. The van der Waals surface area contributed by atoms with Gasteiger partial charge in [-0.25, -0.2) is 4.79 Å². The Kier molecular flexibility index (Phi) is 4.52. The smallest absolute Gasteiger partial charge is 0.348 e. The van der Waals surface area contributed by atoms with Crippen molar-refractivity contribution in [1.82, 2.24) is 9.78 Å². The van der Waals surface area contributed by atoms with E-state index in [-0.39, 0.29) is 5.91 Å². The number of nitrogens with zero attached hydrogens (tertiary/aromatic N) is 2. The summed E-state index contributed by atoms with van der Waals surface area (Å²) in [6.45, 7) is 0. The fourth-order valence-electron chi connectivity index (χ4n) is 1.67. The van der Waals surface area contributed by atoms with Crippen molar-refractivity contribution in [1.29, 1.82) is 0 Å². The van der Waals surface area contributed by atoms with E-state index in [0.29, 0.717) is 22.7 Å². The Bertz CT molecular complexity index is 618. The number of carbonyl (C=O) groups excluding carboxylic acids is 2. The van der Waals surface area contributed by atoms with Crippen molar-refractivity contribution in [2.24, 2.45) is 7.05 Å². The van der Waals surface area contributed by atoms with Crippen LogP contribution in [0.15, 0.2) is 24.5 Å². The fourth-order valence-corrected chi connectivity index (χ4v) is 2.51. The highest BCUT2D eigenvalue weighted by molar-refractivity contribution is 7.18. The summed E-state index contributed by atoms with van der Waals surface area (Å²) in [6, 6.07) is 3.33. The average molecular weight is 293 g/mol. The van der Waals surface area contributed by atoms with E-state index in [1.165, 1.54) is 18.4 Å². The minimum Gasteiger partial charge on any atom is -0.465 e. The summed E-state index contributed by atoms with van der Waals surface area (Å²) in [6.07, 6.45) is 4.63. The molecule has 0 aliphatic rings. The molecule has 7 heteroatoms. The molecule has 0 spiro atoms. The Morgan fingerprint density at radius 2 is 2.25 bits per heavy atom. The van der Waals surface area contributed by atoms with E-state index in [1.54, 1.807) is 23.0 Å². The monoisotopic (exact) mass is 293 g/mol. The highest BCUT2D eigenvalue weighted by Gasteiger charge is 2.11. The predicted molar refractivity (Wildman–Crippen MR) is 75.8 cm³/mol. The van der Waals surface area contributed by atoms with E-state index < -0.39 is 5.97 Å². The summed E-state index contributed by atoms with van der Waals surface area (Å²) >= 11 is 1.20. The van der Waals surface area contributed by atoms with E-state index in [9.17, 15) is 9.59 Å². The van der Waals surface area contributed by atoms with Gasteiger partial charge in [-0.15, -0.1) is 11.3 Å². The molecule has 0 saturated heterocycles. The van der Waals surface area contributed by atoms with Gasteiger partial charge in [0.1, 0.15) is 4.88 Å². The first-order valence-electron chi connectivity index (χ1n) is 6.04. The van der Waals surface area contributed by atoms with Crippen molar-refractivity contribution >= 4 is 28.2 Å². The van der Waals surface area contributed by atoms with Crippen LogP contribution in [-0.2, 0) is 23.0 Å². The summed E-state index contributed by atoms with van der Waals surface area (Å²) in [5.74, 6) is -0.488. The van der Waals surface area contributed by atoms with Crippen molar-refractivity contribution in [2.45, 2.75) is 12.8 Å². The molecule has 0 aliphatic carbocycles. The van der Waals surface area contributed by atoms with Gasteiger partial charge in [0.05, 0.1) is 18.3 Å². The average Bonchev–Trinajstić information content (AvgIpc) is 3.05. The van der Waals surface area contributed by atoms with E-state index >= 15 is 0 Å². The van der Waals surface area contributed by atoms with Crippen molar-refractivity contribution in [2.75, 3.05) is 12.4 Å². The van der Waals surface area contributed by atoms with Gasteiger partial charge in [-0.2, -0.15) is 5.10 Å². The number of amides is 1. The van der Waals surface area contributed by atoms with Crippen LogP contribution in [-0.4, -0.2) is 28.8 Å². The fraction of sp³-hybridized carbons (Fsp3) is 0.308. The predicted octanol–water partition coefficient (Wildman–Crippen LogP) is 1.84. The molecule has 6 nitrogen and oxygen atoms in total. The third-order valence-electron chi connectivity index (χ3n) is 2.65. The Morgan fingerprint density at radius 3 is 2.90 bits per heavy atom. The lowest BCUT2D eigenvalue weighted by atomic mass is 10.2. The Morgan fingerprint density at radius 1 is 1.45 bits per heavy atom. The number of ether oxygens (including phenoxy) is 1. The molecule has 0 fully saturated rings. The molecule has 0 unspecified atom stereocenters. The molecule has 0 aromatic carbocycles. The number of thiophene rings is 1. The summed E-state index contributed by atoms with van der Waals surface area (Å²) in [4.78, 5) is 23.6. The molecule has 0 radical (unpaired) electrons. The molecule has 1 N–H and O–H groups in total. The quantitative estimate of drug-likeness (QED) is 0.854. The lowest BCUT2D eigenvalue weighted by Crippen LogP contribution is -2.11. The largest absolute Gasteiger partial charge is 0.465 e. The zero-order chi connectivity index (χ0) is 14.5. The Balaban J connectivity index is 1.85. The highest BCUT2D eigenvalue weighted by atomic mass is 32.1. The first kappa shape index (κ1) is 14.3. The van der Waals surface area contributed by atoms with Crippen LogP contribution in [0.25, 0.3) is 0 Å². The maximum Gasteiger partial charge on any atom is 0.348 e. The number of aryl methyl sites for hydroxylation is 2. The van der Waals surface area contributed by atoms with Crippen LogP contribution >= 0.6 is 11.3 Å². The van der Waals surface area contributed by atoms with Gasteiger partial charge in [0.25, 0.3) is 0 Å². The minimum absolute atomic E-state index is 0.0906. The Hall–Kier alpha value is -2.15. The third-order valence-corrected chi connectivity index (χ3v) is 3.64. The number of anilines is 1. The number of nitrogens with one attached hydrogen (secondary N) is 1. The van der Waals surface area contributed by atoms with Gasteiger partial charge in [-0.3, -0.25) is 9.48 Å². The molecular formula is C13H15N3O3S. The van der Waals surface area contributed by atoms with Crippen LogP contribution in [0.3, 0.4) is 0 Å². The second-order valence-corrected chi connectivity index (χ2v) is 5.31. The van der Waals surface area contributed by atoms with Crippen molar-refractivity contribution in [3.05, 3.63) is 35.0 Å². The zero-order valence-electron chi connectivity index (χ0n) is 11.3. The molecule has 0 bridgehead atoms. The molecule has 106 valence electrons. The highest BCUT2D eigenvalue weighted by Crippen LogP contribution is 2.22. The Labute approximate surface area is 120 Å². The van der Waals surface area contributed by atoms with Crippen LogP contribution in [0.4, 0.5) is 5.00 Å². The molecule has 20 heavy (non-hydrogen) atoms. The summed E-state index contributed by atoms with van der Waals surface area (Å²) < 4.78 is 6.32. The van der Waals surface area contributed by atoms with Crippen molar-refractivity contribution in [3.8, 4) is 0 Å². The molecule has 2 aromatic heterocycles. The number of aromatic nitrogens is 2. The number of rotatable bonds is 5. The number of hydrogen-bond donors (Lipinski definition) is 1. The summed E-state index contributed by atoms with van der Waals surface area (Å²) in [5.41, 5.74) is 1.02. The number of methoxy groups -OCH3 is 1. The molecular weight excluding hydrogens is 278 g/mol. The zero-order valence-corrected chi connectivity index (χ0v) is 12.1. The second kappa shape index (κ2) is 6.33. The van der Waals surface area contributed by atoms with Crippen LogP contribution in [0.1, 0.15) is 21.7 Å². The van der Waals surface area contributed by atoms with Gasteiger partial charge < -0.3 is 10.1 Å². The molecule has 2 heterocycles. The minimum atomic E-state index is -0.397. The molecule has 0 saturated carbocycles. The molecule has 0 aliphatic heterocycles. The lowest BCUT2D eigenvalue weighted by Gasteiger charge is -2.01. The number of carbonyl (C=O) groups is 2. The number of hydrogen-bond acceptors (Lipinski definition) is 5. The summed E-state index contributed by atoms with van der Waals surface area (Å²) in [7, 11) is 3.16. The van der Waals surface area contributed by atoms with Crippen LogP contribution in [0, 0.1) is 0 Å². The SMILES string of the molecule is COC(=O)c1ccc(NC(=O)CCc2cnn(C)c2)s1. The number of esters is 1. The standard InChI is InChI=1S/C13H15N3O3S/c1-16-8-9(7-14-16)3-5-11(17)15-12-6-4-10(20-12)13(18)19-2/h4,6-8H,3,5H2,1-2H3,(H,15,17). The molecule has 1 amide bonds. The van der Waals surface area contributed by atoms with Crippen LogP contribution in [0.2, 0.25) is 0 Å². The van der Waals surface area contributed by atoms with Gasteiger partial charge in [0, 0.05) is 19.7 Å². The first-order chi connectivity index (χ1) is 9.58. The van der Waals surface area contributed by atoms with Crippen LogP contribution in [0.5, 0.6) is 0 Å². The van der Waals surface area contributed by atoms with Gasteiger partial charge in [-0.05, 0) is 24.1 Å². The topological polar surface area (TPSA) is 73.2 Å². The van der Waals surface area contributed by atoms with Gasteiger partial charge in [0.15, 0.2) is 0 Å². The second-order valence-electron chi connectivity index (χ2n) is 4.23. The molecule has 2 rings (SSSR count). The van der Waals surface area contributed by atoms with E-state index in [4.69, 9.17) is 0 Å². The third kappa shape index (κ3) is 3.67. The van der Waals surface area contributed by atoms with Crippen molar-refractivity contribution in [3.63, 3.8) is 0 Å². The summed E-state index contributed by atoms with van der Waals surface area (Å²) in [5, 5.41) is 7.45. The normalized spacial score (nSPS) is 10.3. The van der Waals surface area contributed by atoms with Gasteiger partial charge in [0.2, 0.25) is 5.91 Å². The first-order valence-corrected chi connectivity index (χ1v) is 6.85. The lowest BCUT2D eigenvalue weighted by molar-refractivity contribution is -0.116. The molecule has 0 atom stereocenters. The van der Waals surface area contributed by atoms with E-state index in [1.807, 2.05) is 13.2 Å². The van der Waals surface area contributed by atoms with Crippen LogP contribution < -0.4 is 5.32 Å². The maximum atomic E-state index is 11.8. The van der Waals surface area contributed by atoms with Gasteiger partial charge >= 0.3 is 5.97 Å². The maximum absolute atomic E-state index is 11.8. The van der Waals surface area contributed by atoms with Gasteiger partial charge in [-0.1, -0.05) is 0 Å².